The van der Waals surface area contributed by atoms with Crippen molar-refractivity contribution < 1.29 is 18.8 Å². The van der Waals surface area contributed by atoms with Gasteiger partial charge >= 0.3 is 0 Å². The molecule has 1 saturated heterocycles. The highest BCUT2D eigenvalue weighted by molar-refractivity contribution is 5.92. The van der Waals surface area contributed by atoms with E-state index in [1.54, 1.807) is 6.07 Å². The van der Waals surface area contributed by atoms with Crippen LogP contribution in [0, 0.1) is 6.92 Å². The first-order valence-corrected chi connectivity index (χ1v) is 24.8. The van der Waals surface area contributed by atoms with Crippen LogP contribution in [-0.4, -0.2) is 77.6 Å². The number of rotatable bonds is 28. The van der Waals surface area contributed by atoms with Crippen LogP contribution in [0.3, 0.4) is 0 Å². The van der Waals surface area contributed by atoms with Crippen molar-refractivity contribution in [2.45, 2.75) is 129 Å². The minimum Gasteiger partial charge on any atom is -0.494 e. The van der Waals surface area contributed by atoms with Gasteiger partial charge in [-0.1, -0.05) is 168 Å². The fraction of sp³-hybridized carbons (Fsp3) is 0.491. The minimum atomic E-state index is -0.199. The fourth-order valence-corrected chi connectivity index (χ4v) is 8.93. The number of hydrogen-bond acceptors (Lipinski definition) is 8. The Morgan fingerprint density at radius 2 is 1.31 bits per heavy atom. The summed E-state index contributed by atoms with van der Waals surface area (Å²) < 4.78 is 11.4. The Morgan fingerprint density at radius 3 is 1.94 bits per heavy atom. The molecule has 348 valence electrons. The average molecular weight is 883 g/mol. The standard InChI is InChI=1S/C55H74N6O4/c1-3-48-49(42-58-54(56)53(48)46-28-26-43(2)27-29-46)44-30-32-47(33-31-44)64-40-22-35-60-36-38-61(39-37-60)52(62)25-20-15-13-11-9-7-5-4-6-8-10-12-14-16-21-34-57-55(63)51-41-50(59-65-51)45-23-18-17-19-24-45/h17-19,23-24,26-33,41-42H,3-16,20-22,25,34-40H2,1-2H3,(H2,56,58)(H,57,63). The number of nitrogen functional groups attached to an aromatic ring is 1. The van der Waals surface area contributed by atoms with Crippen LogP contribution >= 0.6 is 0 Å². The molecule has 2 aromatic heterocycles. The Labute approximate surface area is 388 Å². The second-order valence-electron chi connectivity index (χ2n) is 17.8. The van der Waals surface area contributed by atoms with Crippen LogP contribution in [0.15, 0.2) is 95.6 Å². The Balaban J connectivity index is 0.707. The lowest BCUT2D eigenvalue weighted by Gasteiger charge is -2.34. The summed E-state index contributed by atoms with van der Waals surface area (Å²) in [6.45, 7) is 10.1. The number of carbonyl (C=O) groups excluding carboxylic acids is 2. The van der Waals surface area contributed by atoms with Crippen LogP contribution < -0.4 is 15.8 Å². The van der Waals surface area contributed by atoms with Crippen molar-refractivity contribution in [3.63, 3.8) is 0 Å². The topological polar surface area (TPSA) is 127 Å². The van der Waals surface area contributed by atoms with E-state index in [1.165, 1.54) is 81.8 Å². The largest absolute Gasteiger partial charge is 0.494 e. The summed E-state index contributed by atoms with van der Waals surface area (Å²) in [6.07, 6.45) is 23.0. The van der Waals surface area contributed by atoms with E-state index in [0.29, 0.717) is 37.0 Å². The summed E-state index contributed by atoms with van der Waals surface area (Å²) in [5, 5.41) is 6.98. The van der Waals surface area contributed by atoms with Gasteiger partial charge in [0.15, 0.2) is 0 Å². The van der Waals surface area contributed by atoms with Crippen LogP contribution in [0.5, 0.6) is 5.75 Å². The molecule has 1 fully saturated rings. The number of unbranched alkanes of at least 4 members (excludes halogenated alkanes) is 14. The molecule has 2 amide bonds. The van der Waals surface area contributed by atoms with Crippen molar-refractivity contribution in [3.8, 4) is 39.3 Å². The molecule has 0 unspecified atom stereocenters. The summed E-state index contributed by atoms with van der Waals surface area (Å²) in [4.78, 5) is 34.4. The number of pyridine rings is 1. The van der Waals surface area contributed by atoms with Gasteiger partial charge in [-0.15, -0.1) is 0 Å². The number of aromatic nitrogens is 2. The predicted octanol–water partition coefficient (Wildman–Crippen LogP) is 12.1. The van der Waals surface area contributed by atoms with E-state index in [0.717, 1.165) is 105 Å². The van der Waals surface area contributed by atoms with Gasteiger partial charge in [0.05, 0.1) is 6.61 Å². The van der Waals surface area contributed by atoms with Gasteiger partial charge in [0.25, 0.3) is 5.91 Å². The molecule has 0 aliphatic carbocycles. The molecule has 3 heterocycles. The van der Waals surface area contributed by atoms with Gasteiger partial charge < -0.3 is 25.2 Å². The average Bonchev–Trinajstić information content (AvgIpc) is 3.84. The van der Waals surface area contributed by atoms with Crippen LogP contribution in [0.4, 0.5) is 5.82 Å². The zero-order valence-corrected chi connectivity index (χ0v) is 39.3. The first-order chi connectivity index (χ1) is 31.9. The number of nitrogens with two attached hydrogens (primary N) is 1. The molecule has 1 aliphatic rings. The highest BCUT2D eigenvalue weighted by atomic mass is 16.5. The lowest BCUT2D eigenvalue weighted by molar-refractivity contribution is -0.133. The first-order valence-electron chi connectivity index (χ1n) is 24.8. The molecule has 6 rings (SSSR count). The number of hydrogen-bond donors (Lipinski definition) is 2. The number of carbonyl (C=O) groups is 2. The highest BCUT2D eigenvalue weighted by Crippen LogP contribution is 2.36. The molecule has 10 nitrogen and oxygen atoms in total. The maximum atomic E-state index is 12.9. The van der Waals surface area contributed by atoms with E-state index in [4.69, 9.17) is 15.0 Å². The molecule has 3 aromatic carbocycles. The molecule has 0 spiro atoms. The van der Waals surface area contributed by atoms with Crippen molar-refractivity contribution in [3.05, 3.63) is 108 Å². The van der Waals surface area contributed by atoms with Crippen molar-refractivity contribution in [1.82, 2.24) is 25.3 Å². The van der Waals surface area contributed by atoms with Gasteiger partial charge in [0.1, 0.15) is 17.3 Å². The van der Waals surface area contributed by atoms with E-state index in [9.17, 15) is 9.59 Å². The van der Waals surface area contributed by atoms with E-state index >= 15 is 0 Å². The van der Waals surface area contributed by atoms with E-state index < -0.39 is 0 Å². The molecule has 1 aliphatic heterocycles. The van der Waals surface area contributed by atoms with Crippen molar-refractivity contribution >= 4 is 17.6 Å². The summed E-state index contributed by atoms with van der Waals surface area (Å²) in [5.41, 5.74) is 14.8. The van der Waals surface area contributed by atoms with Crippen molar-refractivity contribution in [2.24, 2.45) is 0 Å². The SMILES string of the molecule is CCc1c(-c2ccc(OCCCN3CCN(C(=O)CCCCCCCCCCCCCCCCCNC(=O)c4cc(-c5ccccc5)no4)CC3)cc2)cnc(N)c1-c1ccc(C)cc1. The number of ether oxygens (including phenoxy) is 1. The third-order valence-electron chi connectivity index (χ3n) is 12.8. The van der Waals surface area contributed by atoms with Gasteiger partial charge in [0, 0.05) is 74.6 Å². The Hall–Kier alpha value is -5.48. The van der Waals surface area contributed by atoms with Gasteiger partial charge in [-0.3, -0.25) is 14.5 Å². The summed E-state index contributed by atoms with van der Waals surface area (Å²) in [5.74, 6) is 1.83. The summed E-state index contributed by atoms with van der Waals surface area (Å²) in [7, 11) is 0. The second kappa shape index (κ2) is 27.1. The Kier molecular flexibility index (Phi) is 20.4. The molecule has 10 heteroatoms. The number of nitrogens with zero attached hydrogens (tertiary/aromatic N) is 4. The van der Waals surface area contributed by atoms with Crippen molar-refractivity contribution in [1.29, 1.82) is 0 Å². The number of aryl methyl sites for hydroxylation is 1. The van der Waals surface area contributed by atoms with Gasteiger partial charge in [0.2, 0.25) is 11.7 Å². The van der Waals surface area contributed by atoms with Crippen LogP contribution in [0.25, 0.3) is 33.5 Å². The quantitative estimate of drug-likeness (QED) is 0.0476. The molecule has 0 saturated carbocycles. The molecular formula is C55H74N6O4. The van der Waals surface area contributed by atoms with Crippen LogP contribution in [0.2, 0.25) is 0 Å². The monoisotopic (exact) mass is 883 g/mol. The third kappa shape index (κ3) is 15.9. The van der Waals surface area contributed by atoms with Crippen LogP contribution in [0.1, 0.15) is 138 Å². The second-order valence-corrected chi connectivity index (χ2v) is 17.8. The zero-order chi connectivity index (χ0) is 45.5. The molecule has 65 heavy (non-hydrogen) atoms. The Morgan fingerprint density at radius 1 is 0.708 bits per heavy atom. The van der Waals surface area contributed by atoms with Crippen molar-refractivity contribution in [2.75, 3.05) is 51.6 Å². The van der Waals surface area contributed by atoms with E-state index in [2.05, 4.69) is 75.5 Å². The number of nitrogens with one attached hydrogen (secondary N) is 1. The highest BCUT2D eigenvalue weighted by Gasteiger charge is 2.21. The summed E-state index contributed by atoms with van der Waals surface area (Å²) in [6, 6.07) is 28.3. The molecule has 3 N–H and O–H groups in total. The third-order valence-corrected chi connectivity index (χ3v) is 12.8. The predicted molar refractivity (Wildman–Crippen MR) is 265 cm³/mol. The van der Waals surface area contributed by atoms with E-state index in [1.807, 2.05) is 48.7 Å². The van der Waals surface area contributed by atoms with Gasteiger partial charge in [-0.05, 0) is 61.4 Å². The Bertz CT molecular complexity index is 2150. The minimum absolute atomic E-state index is 0.199. The zero-order valence-electron chi connectivity index (χ0n) is 39.3. The number of amides is 2. The number of benzene rings is 3. The molecule has 5 aromatic rings. The molecular weight excluding hydrogens is 809 g/mol. The summed E-state index contributed by atoms with van der Waals surface area (Å²) >= 11 is 0. The van der Waals surface area contributed by atoms with Crippen LogP contribution in [-0.2, 0) is 11.2 Å². The number of anilines is 1. The first kappa shape index (κ1) is 49.0. The maximum Gasteiger partial charge on any atom is 0.289 e. The lowest BCUT2D eigenvalue weighted by Crippen LogP contribution is -2.48. The molecule has 0 radical (unpaired) electrons. The normalized spacial score (nSPS) is 13.0. The number of piperazine rings is 1. The molecule has 0 atom stereocenters. The van der Waals surface area contributed by atoms with E-state index in [-0.39, 0.29) is 11.7 Å². The van der Waals surface area contributed by atoms with Gasteiger partial charge in [-0.25, -0.2) is 4.98 Å². The fourth-order valence-electron chi connectivity index (χ4n) is 8.93. The van der Waals surface area contributed by atoms with Gasteiger partial charge in [-0.2, -0.15) is 0 Å². The smallest absolute Gasteiger partial charge is 0.289 e. The lowest BCUT2D eigenvalue weighted by atomic mass is 9.91. The molecule has 0 bridgehead atoms. The maximum absolute atomic E-state index is 12.9.